The Morgan fingerprint density at radius 2 is 1.54 bits per heavy atom. The lowest BCUT2D eigenvalue weighted by Gasteiger charge is -2.14. The van der Waals surface area contributed by atoms with Gasteiger partial charge in [0.15, 0.2) is 0 Å². The van der Waals surface area contributed by atoms with E-state index in [1.165, 1.54) is 32.1 Å². The van der Waals surface area contributed by atoms with Crippen LogP contribution in [0, 0.1) is 5.92 Å². The van der Waals surface area contributed by atoms with Gasteiger partial charge in [0.25, 0.3) is 0 Å². The van der Waals surface area contributed by atoms with Gasteiger partial charge in [0.05, 0.1) is 13.2 Å². The highest BCUT2D eigenvalue weighted by Crippen LogP contribution is 2.11. The molecular formula is C11H24O2. The van der Waals surface area contributed by atoms with Crippen molar-refractivity contribution < 1.29 is 9.47 Å². The van der Waals surface area contributed by atoms with Gasteiger partial charge in [-0.1, -0.05) is 32.6 Å². The number of rotatable bonds is 9. The Morgan fingerprint density at radius 1 is 0.923 bits per heavy atom. The smallest absolute Gasteiger partial charge is 0.0512 e. The van der Waals surface area contributed by atoms with E-state index in [0.29, 0.717) is 5.92 Å². The SMILES string of the molecule is CCCCCCC(COC)COC. The van der Waals surface area contributed by atoms with Crippen LogP contribution >= 0.6 is 0 Å². The summed E-state index contributed by atoms with van der Waals surface area (Å²) in [5.74, 6) is 0.590. The predicted molar refractivity (Wildman–Crippen MR) is 56.0 cm³/mol. The van der Waals surface area contributed by atoms with Crippen LogP contribution in [0.4, 0.5) is 0 Å². The summed E-state index contributed by atoms with van der Waals surface area (Å²) in [7, 11) is 3.52. The number of unbranched alkanes of at least 4 members (excludes halogenated alkanes) is 3. The van der Waals surface area contributed by atoms with E-state index in [4.69, 9.17) is 9.47 Å². The van der Waals surface area contributed by atoms with E-state index in [0.717, 1.165) is 13.2 Å². The molecule has 0 bridgehead atoms. The largest absolute Gasteiger partial charge is 0.384 e. The zero-order chi connectivity index (χ0) is 9.94. The van der Waals surface area contributed by atoms with E-state index in [1.807, 2.05) is 0 Å². The average molecular weight is 188 g/mol. The molecule has 0 N–H and O–H groups in total. The minimum Gasteiger partial charge on any atom is -0.384 e. The van der Waals surface area contributed by atoms with Crippen molar-refractivity contribution in [3.63, 3.8) is 0 Å². The summed E-state index contributed by atoms with van der Waals surface area (Å²) in [6.45, 7) is 3.90. The highest BCUT2D eigenvalue weighted by Gasteiger charge is 2.06. The molecule has 0 aliphatic carbocycles. The molecule has 0 amide bonds. The Labute approximate surface area is 82.6 Å². The number of methoxy groups -OCH3 is 2. The molecule has 2 heteroatoms. The quantitative estimate of drug-likeness (QED) is 0.518. The van der Waals surface area contributed by atoms with Gasteiger partial charge < -0.3 is 9.47 Å². The van der Waals surface area contributed by atoms with Crippen LogP contribution in [0.25, 0.3) is 0 Å². The zero-order valence-electron chi connectivity index (χ0n) is 9.34. The Balaban J connectivity index is 3.33. The van der Waals surface area contributed by atoms with Crippen molar-refractivity contribution in [3.8, 4) is 0 Å². The van der Waals surface area contributed by atoms with Crippen molar-refractivity contribution in [3.05, 3.63) is 0 Å². The van der Waals surface area contributed by atoms with E-state index in [2.05, 4.69) is 6.92 Å². The monoisotopic (exact) mass is 188 g/mol. The third-order valence-electron chi connectivity index (χ3n) is 2.27. The molecule has 0 radical (unpaired) electrons. The van der Waals surface area contributed by atoms with Crippen molar-refractivity contribution in [1.29, 1.82) is 0 Å². The molecule has 0 spiro atoms. The summed E-state index contributed by atoms with van der Waals surface area (Å²) in [6, 6.07) is 0. The summed E-state index contributed by atoms with van der Waals surface area (Å²) in [5, 5.41) is 0. The predicted octanol–water partition coefficient (Wildman–Crippen LogP) is 2.87. The molecule has 0 aromatic rings. The average Bonchev–Trinajstić information content (AvgIpc) is 2.13. The van der Waals surface area contributed by atoms with Crippen molar-refractivity contribution in [2.45, 2.75) is 39.0 Å². The zero-order valence-corrected chi connectivity index (χ0v) is 9.34. The molecule has 0 atom stereocenters. The van der Waals surface area contributed by atoms with Crippen molar-refractivity contribution in [2.24, 2.45) is 5.92 Å². The lowest BCUT2D eigenvalue weighted by atomic mass is 10.0. The molecule has 0 saturated carbocycles. The number of ether oxygens (including phenoxy) is 2. The summed E-state index contributed by atoms with van der Waals surface area (Å²) in [5.41, 5.74) is 0. The first kappa shape index (κ1) is 12.9. The van der Waals surface area contributed by atoms with Crippen LogP contribution in [0.3, 0.4) is 0 Å². The third kappa shape index (κ3) is 8.26. The number of hydrogen-bond acceptors (Lipinski definition) is 2. The van der Waals surface area contributed by atoms with Gasteiger partial charge in [-0.25, -0.2) is 0 Å². The molecule has 0 heterocycles. The fourth-order valence-corrected chi connectivity index (χ4v) is 1.55. The second-order valence-corrected chi connectivity index (χ2v) is 3.63. The van der Waals surface area contributed by atoms with Crippen LogP contribution in [-0.4, -0.2) is 27.4 Å². The number of hydrogen-bond donors (Lipinski definition) is 0. The van der Waals surface area contributed by atoms with Gasteiger partial charge in [0.2, 0.25) is 0 Å². The van der Waals surface area contributed by atoms with Crippen LogP contribution in [0.5, 0.6) is 0 Å². The molecule has 0 aromatic carbocycles. The fourth-order valence-electron chi connectivity index (χ4n) is 1.55. The Morgan fingerprint density at radius 3 is 2.00 bits per heavy atom. The first-order chi connectivity index (χ1) is 6.35. The minimum atomic E-state index is 0.590. The first-order valence-electron chi connectivity index (χ1n) is 5.33. The van der Waals surface area contributed by atoms with Crippen LogP contribution in [-0.2, 0) is 9.47 Å². The van der Waals surface area contributed by atoms with Crippen molar-refractivity contribution in [1.82, 2.24) is 0 Å². The molecule has 13 heavy (non-hydrogen) atoms. The molecule has 2 nitrogen and oxygen atoms in total. The van der Waals surface area contributed by atoms with Gasteiger partial charge in [-0.2, -0.15) is 0 Å². The van der Waals surface area contributed by atoms with Crippen LogP contribution in [0.2, 0.25) is 0 Å². The molecule has 0 saturated heterocycles. The summed E-state index contributed by atoms with van der Waals surface area (Å²) < 4.78 is 10.3. The van der Waals surface area contributed by atoms with Crippen molar-refractivity contribution in [2.75, 3.05) is 27.4 Å². The van der Waals surface area contributed by atoms with E-state index in [-0.39, 0.29) is 0 Å². The van der Waals surface area contributed by atoms with Gasteiger partial charge in [0, 0.05) is 20.1 Å². The van der Waals surface area contributed by atoms with Gasteiger partial charge in [-0.05, 0) is 6.42 Å². The highest BCUT2D eigenvalue weighted by molar-refractivity contribution is 4.57. The normalized spacial score (nSPS) is 11.1. The third-order valence-corrected chi connectivity index (χ3v) is 2.27. The van der Waals surface area contributed by atoms with E-state index in [9.17, 15) is 0 Å². The maximum absolute atomic E-state index is 5.13. The lowest BCUT2D eigenvalue weighted by Crippen LogP contribution is -2.14. The molecule has 80 valence electrons. The molecule has 0 fully saturated rings. The Hall–Kier alpha value is -0.0800. The Kier molecular flexibility index (Phi) is 9.94. The molecule has 0 aliphatic rings. The Bertz CT molecular complexity index is 88.1. The molecular weight excluding hydrogens is 164 g/mol. The summed E-state index contributed by atoms with van der Waals surface area (Å²) in [4.78, 5) is 0. The van der Waals surface area contributed by atoms with E-state index in [1.54, 1.807) is 14.2 Å². The van der Waals surface area contributed by atoms with E-state index < -0.39 is 0 Å². The molecule has 0 rings (SSSR count). The fraction of sp³-hybridized carbons (Fsp3) is 1.00. The van der Waals surface area contributed by atoms with Crippen LogP contribution in [0.15, 0.2) is 0 Å². The molecule has 0 unspecified atom stereocenters. The van der Waals surface area contributed by atoms with Crippen LogP contribution in [0.1, 0.15) is 39.0 Å². The minimum absolute atomic E-state index is 0.590. The lowest BCUT2D eigenvalue weighted by molar-refractivity contribution is 0.0792. The topological polar surface area (TPSA) is 18.5 Å². The summed E-state index contributed by atoms with van der Waals surface area (Å²) in [6.07, 6.45) is 6.55. The van der Waals surface area contributed by atoms with Gasteiger partial charge >= 0.3 is 0 Å². The van der Waals surface area contributed by atoms with Gasteiger partial charge in [0.1, 0.15) is 0 Å². The van der Waals surface area contributed by atoms with Gasteiger partial charge in [-0.15, -0.1) is 0 Å². The molecule has 0 aromatic heterocycles. The molecule has 0 aliphatic heterocycles. The second-order valence-electron chi connectivity index (χ2n) is 3.63. The van der Waals surface area contributed by atoms with Crippen LogP contribution < -0.4 is 0 Å². The second kappa shape index (κ2) is 10.0. The van der Waals surface area contributed by atoms with E-state index >= 15 is 0 Å². The van der Waals surface area contributed by atoms with Gasteiger partial charge in [-0.3, -0.25) is 0 Å². The maximum Gasteiger partial charge on any atom is 0.0512 e. The van der Waals surface area contributed by atoms with Crippen molar-refractivity contribution >= 4 is 0 Å². The summed E-state index contributed by atoms with van der Waals surface area (Å²) >= 11 is 0. The maximum atomic E-state index is 5.13. The first-order valence-corrected chi connectivity index (χ1v) is 5.33. The standard InChI is InChI=1S/C11H24O2/c1-4-5-6-7-8-11(9-12-2)10-13-3/h11H,4-10H2,1-3H3. The highest BCUT2D eigenvalue weighted by atomic mass is 16.5.